The van der Waals surface area contributed by atoms with Gasteiger partial charge in [-0.05, 0) is 30.3 Å². The van der Waals surface area contributed by atoms with Crippen molar-refractivity contribution in [2.45, 2.75) is 0 Å². The first-order chi connectivity index (χ1) is 14.1. The van der Waals surface area contributed by atoms with Crippen LogP contribution in [0.3, 0.4) is 0 Å². The second-order valence-electron chi connectivity index (χ2n) is 6.12. The molecule has 0 fully saturated rings. The number of pyridine rings is 2. The maximum atomic E-state index is 13.4. The second kappa shape index (κ2) is 7.93. The highest BCUT2D eigenvalue weighted by atomic mass is 19.1. The minimum Gasteiger partial charge on any atom is -0.494 e. The van der Waals surface area contributed by atoms with Crippen LogP contribution in [0, 0.1) is 5.95 Å². The minimum absolute atomic E-state index is 0.0476. The van der Waals surface area contributed by atoms with Crippen LogP contribution in [0.25, 0.3) is 10.9 Å². The molecule has 0 aliphatic carbocycles. The van der Waals surface area contributed by atoms with Crippen LogP contribution in [0.2, 0.25) is 0 Å². The number of carbonyl (C=O) groups is 1. The Morgan fingerprint density at radius 2 is 1.86 bits per heavy atom. The number of aromatic nitrogens is 2. The highest BCUT2D eigenvalue weighted by Crippen LogP contribution is 2.30. The number of halogens is 1. The highest BCUT2D eigenvalue weighted by Gasteiger charge is 2.15. The zero-order chi connectivity index (χ0) is 20.2. The Morgan fingerprint density at radius 1 is 1.00 bits per heavy atom. The Balaban J connectivity index is 1.58. The molecular formula is C22H16FN3O3. The van der Waals surface area contributed by atoms with Gasteiger partial charge in [0.05, 0.1) is 24.4 Å². The number of nitrogens with one attached hydrogen (secondary N) is 1. The molecule has 0 saturated carbocycles. The van der Waals surface area contributed by atoms with E-state index in [9.17, 15) is 9.18 Å². The molecule has 0 radical (unpaired) electrons. The number of anilines is 1. The van der Waals surface area contributed by atoms with Gasteiger partial charge in [-0.25, -0.2) is 4.98 Å². The minimum atomic E-state index is -0.766. The maximum Gasteiger partial charge on any atom is 0.259 e. The summed E-state index contributed by atoms with van der Waals surface area (Å²) in [7, 11) is 1.39. The van der Waals surface area contributed by atoms with Gasteiger partial charge in [-0.1, -0.05) is 18.2 Å². The number of ether oxygens (including phenoxy) is 2. The molecule has 4 aromatic rings. The number of fused-ring (bicyclic) bond motifs is 1. The molecule has 1 amide bonds. The molecule has 144 valence electrons. The van der Waals surface area contributed by atoms with Crippen molar-refractivity contribution < 1.29 is 18.7 Å². The molecule has 2 aromatic heterocycles. The van der Waals surface area contributed by atoms with Crippen LogP contribution in [0.5, 0.6) is 17.2 Å². The van der Waals surface area contributed by atoms with E-state index in [2.05, 4.69) is 15.3 Å². The summed E-state index contributed by atoms with van der Waals surface area (Å²) in [5, 5.41) is 3.59. The average molecular weight is 389 g/mol. The summed E-state index contributed by atoms with van der Waals surface area (Å²) in [4.78, 5) is 20.4. The van der Waals surface area contributed by atoms with Crippen molar-refractivity contribution in [2.24, 2.45) is 0 Å². The number of benzene rings is 2. The fourth-order valence-electron chi connectivity index (χ4n) is 2.88. The van der Waals surface area contributed by atoms with Crippen molar-refractivity contribution in [3.8, 4) is 17.2 Å². The van der Waals surface area contributed by atoms with Gasteiger partial charge in [-0.15, -0.1) is 0 Å². The van der Waals surface area contributed by atoms with E-state index in [-0.39, 0.29) is 11.3 Å². The summed E-state index contributed by atoms with van der Waals surface area (Å²) in [6.07, 6.45) is 2.84. The monoisotopic (exact) mass is 389 g/mol. The number of carbonyl (C=O) groups excluding carboxylic acids is 1. The van der Waals surface area contributed by atoms with Gasteiger partial charge in [0, 0.05) is 29.4 Å². The van der Waals surface area contributed by atoms with Gasteiger partial charge >= 0.3 is 0 Å². The van der Waals surface area contributed by atoms with Gasteiger partial charge in [0.2, 0.25) is 5.95 Å². The van der Waals surface area contributed by atoms with Crippen LogP contribution in [0.4, 0.5) is 10.1 Å². The van der Waals surface area contributed by atoms with Crippen molar-refractivity contribution >= 4 is 22.5 Å². The smallest absolute Gasteiger partial charge is 0.259 e. The van der Waals surface area contributed by atoms with Crippen LogP contribution < -0.4 is 14.8 Å². The molecule has 6 nitrogen and oxygen atoms in total. The zero-order valence-corrected chi connectivity index (χ0v) is 15.4. The maximum absolute atomic E-state index is 13.4. The summed E-state index contributed by atoms with van der Waals surface area (Å²) >= 11 is 0. The number of rotatable bonds is 5. The first-order valence-corrected chi connectivity index (χ1v) is 8.76. The van der Waals surface area contributed by atoms with Gasteiger partial charge in [0.15, 0.2) is 0 Å². The highest BCUT2D eigenvalue weighted by molar-refractivity contribution is 6.06. The molecule has 0 aliphatic rings. The number of methoxy groups -OCH3 is 1. The first kappa shape index (κ1) is 18.4. The molecule has 0 atom stereocenters. The van der Waals surface area contributed by atoms with Gasteiger partial charge in [-0.3, -0.25) is 9.78 Å². The summed E-state index contributed by atoms with van der Waals surface area (Å²) in [6.45, 7) is 0. The van der Waals surface area contributed by atoms with Gasteiger partial charge in [-0.2, -0.15) is 4.39 Å². The Morgan fingerprint density at radius 3 is 2.72 bits per heavy atom. The van der Waals surface area contributed by atoms with Crippen LogP contribution >= 0.6 is 0 Å². The van der Waals surface area contributed by atoms with Gasteiger partial charge < -0.3 is 14.8 Å². The van der Waals surface area contributed by atoms with E-state index >= 15 is 0 Å². The molecule has 1 N–H and O–H groups in total. The normalized spacial score (nSPS) is 10.6. The van der Waals surface area contributed by atoms with E-state index < -0.39 is 11.9 Å². The SMILES string of the molecule is COc1cnc(F)cc1C(=O)Nc1cccc(Oc2ccnc3ccccc23)c1. The largest absolute Gasteiger partial charge is 0.494 e. The molecule has 0 spiro atoms. The summed E-state index contributed by atoms with van der Waals surface area (Å²) < 4.78 is 24.5. The van der Waals surface area contributed by atoms with Crippen molar-refractivity contribution in [2.75, 3.05) is 12.4 Å². The van der Waals surface area contributed by atoms with Crippen molar-refractivity contribution in [1.82, 2.24) is 9.97 Å². The second-order valence-corrected chi connectivity index (χ2v) is 6.12. The number of amides is 1. The Hall–Kier alpha value is -4.00. The predicted octanol–water partition coefficient (Wildman–Crippen LogP) is 4.82. The van der Waals surface area contributed by atoms with Gasteiger partial charge in [0.1, 0.15) is 17.2 Å². The lowest BCUT2D eigenvalue weighted by Crippen LogP contribution is -2.14. The molecule has 29 heavy (non-hydrogen) atoms. The number of hydrogen-bond acceptors (Lipinski definition) is 5. The number of para-hydroxylation sites is 1. The third-order valence-electron chi connectivity index (χ3n) is 4.23. The van der Waals surface area contributed by atoms with E-state index in [1.165, 1.54) is 13.3 Å². The van der Waals surface area contributed by atoms with Crippen LogP contribution in [0.1, 0.15) is 10.4 Å². The molecule has 0 saturated heterocycles. The lowest BCUT2D eigenvalue weighted by atomic mass is 10.2. The standard InChI is InChI=1S/C22H16FN3O3/c1-28-20-13-25-21(23)12-17(20)22(27)26-14-5-4-6-15(11-14)29-19-9-10-24-18-8-3-2-7-16(18)19/h2-13H,1H3,(H,26,27). The third kappa shape index (κ3) is 3.98. The lowest BCUT2D eigenvalue weighted by molar-refractivity contribution is 0.102. The van der Waals surface area contributed by atoms with Crippen LogP contribution in [0.15, 0.2) is 73.1 Å². The quantitative estimate of drug-likeness (QED) is 0.495. The Kier molecular flexibility index (Phi) is 5.03. The van der Waals surface area contributed by atoms with Crippen molar-refractivity contribution in [1.29, 1.82) is 0 Å². The molecule has 7 heteroatoms. The molecule has 4 rings (SSSR count). The van der Waals surface area contributed by atoms with Crippen molar-refractivity contribution in [3.63, 3.8) is 0 Å². The third-order valence-corrected chi connectivity index (χ3v) is 4.23. The van der Waals surface area contributed by atoms with E-state index in [4.69, 9.17) is 9.47 Å². The summed E-state index contributed by atoms with van der Waals surface area (Å²) in [5.41, 5.74) is 1.36. The first-order valence-electron chi connectivity index (χ1n) is 8.76. The molecular weight excluding hydrogens is 373 g/mol. The molecule has 0 unspecified atom stereocenters. The fraction of sp³-hybridized carbons (Fsp3) is 0.0455. The van der Waals surface area contributed by atoms with Gasteiger partial charge in [0.25, 0.3) is 5.91 Å². The molecule has 2 aromatic carbocycles. The molecule has 2 heterocycles. The molecule has 0 aliphatic heterocycles. The Bertz CT molecular complexity index is 1190. The van der Waals surface area contributed by atoms with E-state index in [1.807, 2.05) is 24.3 Å². The predicted molar refractivity (Wildman–Crippen MR) is 107 cm³/mol. The average Bonchev–Trinajstić information content (AvgIpc) is 2.74. The van der Waals surface area contributed by atoms with Crippen LogP contribution in [-0.4, -0.2) is 23.0 Å². The zero-order valence-electron chi connectivity index (χ0n) is 15.4. The topological polar surface area (TPSA) is 73.3 Å². The van der Waals surface area contributed by atoms with Crippen LogP contribution in [-0.2, 0) is 0 Å². The van der Waals surface area contributed by atoms with E-state index in [0.29, 0.717) is 17.2 Å². The lowest BCUT2D eigenvalue weighted by Gasteiger charge is -2.11. The number of nitrogens with zero attached hydrogens (tertiary/aromatic N) is 2. The summed E-state index contributed by atoms with van der Waals surface area (Å²) in [5.74, 6) is 0.0794. The van der Waals surface area contributed by atoms with E-state index in [0.717, 1.165) is 17.0 Å². The Labute approximate surface area is 166 Å². The van der Waals surface area contributed by atoms with E-state index in [1.54, 1.807) is 36.5 Å². The summed E-state index contributed by atoms with van der Waals surface area (Å²) in [6, 6.07) is 17.4. The fourth-order valence-corrected chi connectivity index (χ4v) is 2.88. The number of hydrogen-bond donors (Lipinski definition) is 1. The molecule has 0 bridgehead atoms. The van der Waals surface area contributed by atoms with Crippen molar-refractivity contribution in [3.05, 3.63) is 84.6 Å².